The first-order chi connectivity index (χ1) is 17.0. The Kier molecular flexibility index (Phi) is 5.72. The van der Waals surface area contributed by atoms with Crippen molar-refractivity contribution in [3.63, 3.8) is 0 Å². The van der Waals surface area contributed by atoms with Crippen LogP contribution in [0.25, 0.3) is 17.1 Å². The standard InChI is InChI=1S/C23H18F5N5O3/c1-11-30-31-22(36-11)33-10-15(12-2-3-17(25)16(6-12)23(26,27)28)19-20(35)13(8-29-21(19)33)7-18(34)32-5-4-14(24)9-32/h2-3,6,8,10,13-14H,4-5,7,9H2,1H3. The molecule has 0 saturated carbocycles. The number of nitrogens with zero attached hydrogens (tertiary/aromatic N) is 5. The Morgan fingerprint density at radius 1 is 1.25 bits per heavy atom. The number of hydrogen-bond acceptors (Lipinski definition) is 6. The van der Waals surface area contributed by atoms with Crippen molar-refractivity contribution in [2.45, 2.75) is 32.1 Å². The summed E-state index contributed by atoms with van der Waals surface area (Å²) in [5.41, 5.74) is -1.64. The zero-order valence-electron chi connectivity index (χ0n) is 18.7. The minimum absolute atomic E-state index is 0.0187. The second kappa shape index (κ2) is 8.64. The van der Waals surface area contributed by atoms with E-state index < -0.39 is 41.3 Å². The number of aromatic nitrogens is 3. The van der Waals surface area contributed by atoms with E-state index in [4.69, 9.17) is 4.42 Å². The summed E-state index contributed by atoms with van der Waals surface area (Å²) < 4.78 is 74.2. The van der Waals surface area contributed by atoms with Crippen LogP contribution in [0.5, 0.6) is 0 Å². The summed E-state index contributed by atoms with van der Waals surface area (Å²) >= 11 is 0. The van der Waals surface area contributed by atoms with E-state index in [1.807, 2.05) is 0 Å². The molecule has 1 saturated heterocycles. The lowest BCUT2D eigenvalue weighted by molar-refractivity contribution is -0.140. The van der Waals surface area contributed by atoms with E-state index in [1.54, 1.807) is 0 Å². The number of halogens is 5. The summed E-state index contributed by atoms with van der Waals surface area (Å²) in [7, 11) is 0. The lowest BCUT2D eigenvalue weighted by Gasteiger charge is -2.20. The summed E-state index contributed by atoms with van der Waals surface area (Å²) in [6.07, 6.45) is -3.59. The number of alkyl halides is 4. The van der Waals surface area contributed by atoms with Crippen molar-refractivity contribution in [3.05, 3.63) is 47.2 Å². The molecule has 1 fully saturated rings. The van der Waals surface area contributed by atoms with Crippen molar-refractivity contribution >= 4 is 23.7 Å². The number of fused-ring (bicyclic) bond motifs is 1. The molecule has 3 aromatic rings. The predicted molar refractivity (Wildman–Crippen MR) is 115 cm³/mol. The number of Topliss-reactive ketones (excluding diaryl/α,β-unsaturated/α-hetero) is 1. The molecule has 0 N–H and O–H groups in total. The number of likely N-dealkylation sites (tertiary alicyclic amines) is 1. The average Bonchev–Trinajstić information content (AvgIpc) is 3.53. The maximum absolute atomic E-state index is 13.9. The molecule has 1 amide bonds. The van der Waals surface area contributed by atoms with Crippen LogP contribution >= 0.6 is 0 Å². The molecule has 2 atom stereocenters. The van der Waals surface area contributed by atoms with Crippen molar-refractivity contribution in [1.82, 2.24) is 19.7 Å². The minimum atomic E-state index is -4.96. The van der Waals surface area contributed by atoms with Gasteiger partial charge in [0.15, 0.2) is 11.6 Å². The number of ketones is 1. The number of hydrogen-bond donors (Lipinski definition) is 0. The molecule has 0 bridgehead atoms. The van der Waals surface area contributed by atoms with E-state index in [9.17, 15) is 31.5 Å². The fourth-order valence-electron chi connectivity index (χ4n) is 4.34. The first-order valence-corrected chi connectivity index (χ1v) is 11.0. The lowest BCUT2D eigenvalue weighted by Crippen LogP contribution is -2.33. The van der Waals surface area contributed by atoms with Crippen LogP contribution in [-0.4, -0.2) is 56.8 Å². The Bertz CT molecular complexity index is 1390. The molecule has 0 aliphatic carbocycles. The quantitative estimate of drug-likeness (QED) is 0.486. The van der Waals surface area contributed by atoms with Crippen LogP contribution in [-0.2, 0) is 11.0 Å². The summed E-state index contributed by atoms with van der Waals surface area (Å²) in [6.45, 7) is 1.70. The Labute approximate surface area is 200 Å². The van der Waals surface area contributed by atoms with Gasteiger partial charge < -0.3 is 9.32 Å². The van der Waals surface area contributed by atoms with Crippen LogP contribution in [0.3, 0.4) is 0 Å². The zero-order valence-corrected chi connectivity index (χ0v) is 18.7. The molecule has 5 rings (SSSR count). The van der Waals surface area contributed by atoms with Gasteiger partial charge in [0.2, 0.25) is 11.8 Å². The van der Waals surface area contributed by atoms with Gasteiger partial charge in [-0.1, -0.05) is 11.2 Å². The van der Waals surface area contributed by atoms with Gasteiger partial charge >= 0.3 is 12.2 Å². The van der Waals surface area contributed by atoms with Crippen LogP contribution in [0.4, 0.5) is 27.8 Å². The van der Waals surface area contributed by atoms with Gasteiger partial charge in [-0.2, -0.15) is 13.2 Å². The maximum Gasteiger partial charge on any atom is 0.419 e. The molecule has 1 aromatic carbocycles. The highest BCUT2D eigenvalue weighted by Crippen LogP contribution is 2.41. The molecule has 0 radical (unpaired) electrons. The third-order valence-corrected chi connectivity index (χ3v) is 6.12. The number of aliphatic imine (C=N–C) groups is 1. The van der Waals surface area contributed by atoms with E-state index in [0.717, 1.165) is 6.07 Å². The highest BCUT2D eigenvalue weighted by atomic mass is 19.4. The van der Waals surface area contributed by atoms with Crippen LogP contribution in [0.1, 0.15) is 34.7 Å². The van der Waals surface area contributed by atoms with E-state index >= 15 is 0 Å². The van der Waals surface area contributed by atoms with E-state index in [-0.39, 0.29) is 60.3 Å². The van der Waals surface area contributed by atoms with E-state index in [2.05, 4.69) is 15.2 Å². The van der Waals surface area contributed by atoms with Crippen molar-refractivity contribution in [2.24, 2.45) is 10.9 Å². The molecular formula is C23H18F5N5O3. The molecule has 36 heavy (non-hydrogen) atoms. The summed E-state index contributed by atoms with van der Waals surface area (Å²) in [5, 5.41) is 7.60. The smallest absolute Gasteiger partial charge is 0.408 e. The third kappa shape index (κ3) is 4.18. The van der Waals surface area contributed by atoms with Crippen LogP contribution in [0.2, 0.25) is 0 Å². The van der Waals surface area contributed by atoms with Crippen molar-refractivity contribution in [1.29, 1.82) is 0 Å². The SMILES string of the molecule is Cc1nnc(-n2cc(-c3ccc(F)c(C(F)(F)F)c3)c3c2N=CC(CC(=O)N2CCC(F)C2)C3=O)o1. The Morgan fingerprint density at radius 2 is 2.03 bits per heavy atom. The summed E-state index contributed by atoms with van der Waals surface area (Å²) in [6, 6.07) is 2.29. The van der Waals surface area contributed by atoms with Gasteiger partial charge in [-0.05, 0) is 24.1 Å². The van der Waals surface area contributed by atoms with Crippen LogP contribution < -0.4 is 0 Å². The fourth-order valence-corrected chi connectivity index (χ4v) is 4.34. The number of aryl methyl sites for hydroxylation is 1. The van der Waals surface area contributed by atoms with Gasteiger partial charge in [-0.3, -0.25) is 14.2 Å². The topological polar surface area (TPSA) is 93.6 Å². The average molecular weight is 507 g/mol. The molecule has 4 heterocycles. The molecule has 0 spiro atoms. The second-order valence-electron chi connectivity index (χ2n) is 8.59. The van der Waals surface area contributed by atoms with Gasteiger partial charge in [0, 0.05) is 37.9 Å². The molecule has 2 aliphatic rings. The van der Waals surface area contributed by atoms with E-state index in [0.29, 0.717) is 12.1 Å². The van der Waals surface area contributed by atoms with Crippen molar-refractivity contribution in [3.8, 4) is 17.1 Å². The molecule has 2 aromatic heterocycles. The van der Waals surface area contributed by atoms with E-state index in [1.165, 1.54) is 28.8 Å². The van der Waals surface area contributed by atoms with Crippen LogP contribution in [0, 0.1) is 18.7 Å². The first-order valence-electron chi connectivity index (χ1n) is 11.0. The number of carbonyl (C=O) groups excluding carboxylic acids is 2. The van der Waals surface area contributed by atoms with Gasteiger partial charge in [-0.25, -0.2) is 13.8 Å². The molecular weight excluding hydrogens is 489 g/mol. The van der Waals surface area contributed by atoms with Crippen molar-refractivity contribution in [2.75, 3.05) is 13.1 Å². The van der Waals surface area contributed by atoms with Crippen LogP contribution in [0.15, 0.2) is 33.8 Å². The predicted octanol–water partition coefficient (Wildman–Crippen LogP) is 4.47. The van der Waals surface area contributed by atoms with Crippen molar-refractivity contribution < 1.29 is 36.0 Å². The first kappa shape index (κ1) is 23.8. The fraction of sp³-hybridized carbons (Fsp3) is 0.348. The molecule has 8 nitrogen and oxygen atoms in total. The number of rotatable bonds is 4. The number of carbonyl (C=O) groups is 2. The minimum Gasteiger partial charge on any atom is -0.408 e. The number of benzene rings is 1. The van der Waals surface area contributed by atoms with Gasteiger partial charge in [-0.15, -0.1) is 5.10 Å². The molecule has 2 unspecified atom stereocenters. The van der Waals surface area contributed by atoms with Gasteiger partial charge in [0.1, 0.15) is 12.0 Å². The monoisotopic (exact) mass is 507 g/mol. The summed E-state index contributed by atoms with van der Waals surface area (Å²) in [4.78, 5) is 31.8. The second-order valence-corrected chi connectivity index (χ2v) is 8.59. The summed E-state index contributed by atoms with van der Waals surface area (Å²) in [5.74, 6) is -3.28. The zero-order chi connectivity index (χ0) is 25.8. The van der Waals surface area contributed by atoms with Gasteiger partial charge in [0.25, 0.3) is 0 Å². The van der Waals surface area contributed by atoms with Gasteiger partial charge in [0.05, 0.1) is 23.6 Å². The Balaban J connectivity index is 1.58. The highest BCUT2D eigenvalue weighted by Gasteiger charge is 2.38. The molecule has 2 aliphatic heterocycles. The third-order valence-electron chi connectivity index (χ3n) is 6.12. The Morgan fingerprint density at radius 3 is 2.67 bits per heavy atom. The normalized spacial score (nSPS) is 19.7. The number of amides is 1. The largest absolute Gasteiger partial charge is 0.419 e. The molecule has 13 heteroatoms. The lowest BCUT2D eigenvalue weighted by atomic mass is 9.89. The molecule has 188 valence electrons. The Hall–Kier alpha value is -3.90. The maximum atomic E-state index is 13.9. The highest BCUT2D eigenvalue weighted by molar-refractivity contribution is 6.17.